The highest BCUT2D eigenvalue weighted by Gasteiger charge is 2.20. The Bertz CT molecular complexity index is 314. The zero-order chi connectivity index (χ0) is 9.84. The van der Waals surface area contributed by atoms with Crippen molar-refractivity contribution in [3.05, 3.63) is 29.8 Å². The van der Waals surface area contributed by atoms with Crippen molar-refractivity contribution in [3.8, 4) is 0 Å². The Morgan fingerprint density at radius 2 is 2.15 bits per heavy atom. The number of hydrogen-bond donors (Lipinski definition) is 1. The molecule has 0 saturated heterocycles. The standard InChI is InChI=1S/C9H9FO2S/c1-13-7-5-3-2-4-6(7)8(10)9(11)12/h2-5,8H,1H3,(H,11,12). The van der Waals surface area contributed by atoms with Gasteiger partial charge in [0.25, 0.3) is 0 Å². The number of benzene rings is 1. The van der Waals surface area contributed by atoms with Crippen molar-refractivity contribution in [3.63, 3.8) is 0 Å². The first-order chi connectivity index (χ1) is 6.16. The van der Waals surface area contributed by atoms with E-state index in [0.717, 1.165) is 0 Å². The Hall–Kier alpha value is -1.03. The van der Waals surface area contributed by atoms with Gasteiger partial charge in [0.2, 0.25) is 6.17 Å². The van der Waals surface area contributed by atoms with Crippen molar-refractivity contribution in [2.24, 2.45) is 0 Å². The zero-order valence-electron chi connectivity index (χ0n) is 7.03. The second kappa shape index (κ2) is 4.28. The molecule has 2 nitrogen and oxygen atoms in total. The molecule has 1 aromatic rings. The number of aliphatic carboxylic acids is 1. The molecule has 0 amide bonds. The molecule has 70 valence electrons. The van der Waals surface area contributed by atoms with Gasteiger partial charge < -0.3 is 5.11 Å². The van der Waals surface area contributed by atoms with Crippen LogP contribution in [0, 0.1) is 0 Å². The van der Waals surface area contributed by atoms with Crippen molar-refractivity contribution in [2.45, 2.75) is 11.1 Å². The first-order valence-corrected chi connectivity index (χ1v) is 4.89. The molecule has 0 saturated carbocycles. The predicted octanol–water partition coefficient (Wildman–Crippen LogP) is 2.50. The molecular formula is C9H9FO2S. The monoisotopic (exact) mass is 200 g/mol. The van der Waals surface area contributed by atoms with Gasteiger partial charge in [-0.15, -0.1) is 11.8 Å². The summed E-state index contributed by atoms with van der Waals surface area (Å²) in [6.45, 7) is 0. The number of thioether (sulfide) groups is 1. The van der Waals surface area contributed by atoms with E-state index in [1.807, 2.05) is 0 Å². The summed E-state index contributed by atoms with van der Waals surface area (Å²) in [5.74, 6) is -1.44. The number of rotatable bonds is 3. The maximum Gasteiger partial charge on any atom is 0.343 e. The average molecular weight is 200 g/mol. The highest BCUT2D eigenvalue weighted by atomic mass is 32.2. The van der Waals surface area contributed by atoms with Crippen molar-refractivity contribution in [1.29, 1.82) is 0 Å². The van der Waals surface area contributed by atoms with Gasteiger partial charge in [-0.2, -0.15) is 0 Å². The van der Waals surface area contributed by atoms with Crippen LogP contribution < -0.4 is 0 Å². The molecule has 1 rings (SSSR count). The van der Waals surface area contributed by atoms with Crippen LogP contribution in [0.25, 0.3) is 0 Å². The summed E-state index contributed by atoms with van der Waals surface area (Å²) in [5, 5.41) is 8.47. The Kier molecular flexibility index (Phi) is 3.31. The molecule has 4 heteroatoms. The molecule has 0 radical (unpaired) electrons. The smallest absolute Gasteiger partial charge is 0.343 e. The van der Waals surface area contributed by atoms with Gasteiger partial charge in [0.05, 0.1) is 0 Å². The molecule has 0 aromatic heterocycles. The number of carboxylic acid groups (broad SMARTS) is 1. The summed E-state index contributed by atoms with van der Waals surface area (Å²) in [7, 11) is 0. The fourth-order valence-corrected chi connectivity index (χ4v) is 1.63. The highest BCUT2D eigenvalue weighted by Crippen LogP contribution is 2.27. The van der Waals surface area contributed by atoms with E-state index in [1.165, 1.54) is 17.8 Å². The minimum atomic E-state index is -1.93. The molecule has 0 fully saturated rings. The quantitative estimate of drug-likeness (QED) is 0.762. The van der Waals surface area contributed by atoms with Crippen LogP contribution in [-0.2, 0) is 4.79 Å². The van der Waals surface area contributed by atoms with Crippen LogP contribution in [0.15, 0.2) is 29.2 Å². The van der Waals surface area contributed by atoms with Gasteiger partial charge in [-0.25, -0.2) is 9.18 Å². The second-order valence-corrected chi connectivity index (χ2v) is 3.29. The summed E-state index contributed by atoms with van der Waals surface area (Å²) >= 11 is 1.34. The van der Waals surface area contributed by atoms with E-state index in [0.29, 0.717) is 4.90 Å². The third-order valence-electron chi connectivity index (χ3n) is 1.63. The highest BCUT2D eigenvalue weighted by molar-refractivity contribution is 7.98. The van der Waals surface area contributed by atoms with Gasteiger partial charge in [0.1, 0.15) is 0 Å². The molecule has 0 spiro atoms. The van der Waals surface area contributed by atoms with Crippen LogP contribution >= 0.6 is 11.8 Å². The molecule has 0 aliphatic carbocycles. The first-order valence-electron chi connectivity index (χ1n) is 3.66. The Labute approximate surface area is 79.8 Å². The fraction of sp³-hybridized carbons (Fsp3) is 0.222. The van der Waals surface area contributed by atoms with Crippen LogP contribution in [-0.4, -0.2) is 17.3 Å². The number of hydrogen-bond acceptors (Lipinski definition) is 2. The number of alkyl halides is 1. The largest absolute Gasteiger partial charge is 0.479 e. The lowest BCUT2D eigenvalue weighted by Crippen LogP contribution is -2.06. The molecule has 1 atom stereocenters. The second-order valence-electron chi connectivity index (χ2n) is 2.44. The molecular weight excluding hydrogens is 191 g/mol. The van der Waals surface area contributed by atoms with Crippen LogP contribution in [0.4, 0.5) is 4.39 Å². The molecule has 13 heavy (non-hydrogen) atoms. The van der Waals surface area contributed by atoms with E-state index >= 15 is 0 Å². The summed E-state index contributed by atoms with van der Waals surface area (Å²) < 4.78 is 13.1. The van der Waals surface area contributed by atoms with Gasteiger partial charge in [0, 0.05) is 10.5 Å². The molecule has 0 heterocycles. The molecule has 1 N–H and O–H groups in total. The molecule has 0 bridgehead atoms. The van der Waals surface area contributed by atoms with E-state index in [2.05, 4.69) is 0 Å². The van der Waals surface area contributed by atoms with E-state index < -0.39 is 12.1 Å². The summed E-state index contributed by atoms with van der Waals surface area (Å²) in [6, 6.07) is 6.58. The van der Waals surface area contributed by atoms with Crippen molar-refractivity contribution in [1.82, 2.24) is 0 Å². The maximum absolute atomic E-state index is 13.1. The lowest BCUT2D eigenvalue weighted by Gasteiger charge is -2.07. The van der Waals surface area contributed by atoms with Gasteiger partial charge in [-0.1, -0.05) is 18.2 Å². The van der Waals surface area contributed by atoms with Gasteiger partial charge in [-0.3, -0.25) is 0 Å². The number of carboxylic acids is 1. The fourth-order valence-electron chi connectivity index (χ4n) is 1.01. The predicted molar refractivity (Wildman–Crippen MR) is 49.7 cm³/mol. The van der Waals surface area contributed by atoms with Crippen molar-refractivity contribution in [2.75, 3.05) is 6.26 Å². The van der Waals surface area contributed by atoms with Gasteiger partial charge in [-0.05, 0) is 12.3 Å². The third-order valence-corrected chi connectivity index (χ3v) is 2.44. The van der Waals surface area contributed by atoms with Gasteiger partial charge >= 0.3 is 5.97 Å². The van der Waals surface area contributed by atoms with Crippen LogP contribution in [0.3, 0.4) is 0 Å². The van der Waals surface area contributed by atoms with Crippen LogP contribution in [0.2, 0.25) is 0 Å². The van der Waals surface area contributed by atoms with E-state index in [4.69, 9.17) is 5.11 Å². The summed E-state index contributed by atoms with van der Waals surface area (Å²) in [6.07, 6.45) is -0.142. The Morgan fingerprint density at radius 3 is 2.69 bits per heavy atom. The molecule has 0 aliphatic heterocycles. The Balaban J connectivity index is 3.05. The van der Waals surface area contributed by atoms with E-state index in [1.54, 1.807) is 24.5 Å². The summed E-state index contributed by atoms with van der Waals surface area (Å²) in [4.78, 5) is 11.0. The minimum Gasteiger partial charge on any atom is -0.479 e. The normalized spacial score (nSPS) is 12.5. The van der Waals surface area contributed by atoms with Crippen LogP contribution in [0.5, 0.6) is 0 Å². The molecule has 1 unspecified atom stereocenters. The Morgan fingerprint density at radius 1 is 1.54 bits per heavy atom. The van der Waals surface area contributed by atoms with Gasteiger partial charge in [0.15, 0.2) is 0 Å². The average Bonchev–Trinajstić information content (AvgIpc) is 2.16. The lowest BCUT2D eigenvalue weighted by atomic mass is 10.1. The third kappa shape index (κ3) is 2.21. The van der Waals surface area contributed by atoms with Crippen molar-refractivity contribution >= 4 is 17.7 Å². The van der Waals surface area contributed by atoms with E-state index in [-0.39, 0.29) is 5.56 Å². The zero-order valence-corrected chi connectivity index (χ0v) is 7.84. The summed E-state index contributed by atoms with van der Waals surface area (Å²) in [5.41, 5.74) is 0.225. The number of carbonyl (C=O) groups is 1. The van der Waals surface area contributed by atoms with Crippen LogP contribution in [0.1, 0.15) is 11.7 Å². The number of halogens is 1. The SMILES string of the molecule is CSc1ccccc1C(F)C(=O)O. The minimum absolute atomic E-state index is 0.225. The first kappa shape index (κ1) is 10.1. The molecule has 1 aromatic carbocycles. The molecule has 0 aliphatic rings. The van der Waals surface area contributed by atoms with E-state index in [9.17, 15) is 9.18 Å². The maximum atomic E-state index is 13.1. The topological polar surface area (TPSA) is 37.3 Å². The lowest BCUT2D eigenvalue weighted by molar-refractivity contribution is -0.143. The van der Waals surface area contributed by atoms with Crippen molar-refractivity contribution < 1.29 is 14.3 Å².